The van der Waals surface area contributed by atoms with E-state index in [-0.39, 0.29) is 0 Å². The van der Waals surface area contributed by atoms with Gasteiger partial charge in [0.2, 0.25) is 0 Å². The smallest absolute Gasteiger partial charge is 0.0352 e. The van der Waals surface area contributed by atoms with Gasteiger partial charge < -0.3 is 0 Å². The quantitative estimate of drug-likeness (QED) is 0.561. The van der Waals surface area contributed by atoms with E-state index in [4.69, 9.17) is 0 Å². The van der Waals surface area contributed by atoms with Crippen molar-refractivity contribution in [3.05, 3.63) is 0 Å². The van der Waals surface area contributed by atoms with Crippen LogP contribution >= 0.6 is 0 Å². The molecule has 2 aliphatic rings. The molecule has 0 N–H and O–H groups in total. The fraction of sp³-hybridized carbons (Fsp3) is 1.00. The molecular formula is C10H18. The monoisotopic (exact) mass is 138 g/mol. The van der Waals surface area contributed by atoms with Gasteiger partial charge in [-0.05, 0) is 37.0 Å². The van der Waals surface area contributed by atoms with Crippen LogP contribution in [0.3, 0.4) is 0 Å². The van der Waals surface area contributed by atoms with Gasteiger partial charge in [-0.15, -0.1) is 0 Å². The van der Waals surface area contributed by atoms with Gasteiger partial charge in [0.25, 0.3) is 0 Å². The van der Waals surface area contributed by atoms with E-state index >= 15 is 0 Å². The standard InChI is InChI=1S/C10H18/c1-2-3-5-8-9-6-4-7-10(8)9/h8-10H,2-7H2,1H3. The Kier molecular flexibility index (Phi) is 1.71. The van der Waals surface area contributed by atoms with E-state index in [1.807, 2.05) is 0 Å². The van der Waals surface area contributed by atoms with Crippen LogP contribution in [0.5, 0.6) is 0 Å². The van der Waals surface area contributed by atoms with Crippen LogP contribution in [0.1, 0.15) is 45.4 Å². The third-order valence-electron chi connectivity index (χ3n) is 3.47. The van der Waals surface area contributed by atoms with Crippen LogP contribution in [0.2, 0.25) is 0 Å². The lowest BCUT2D eigenvalue weighted by Gasteiger charge is -1.99. The van der Waals surface area contributed by atoms with Crippen LogP contribution in [0, 0.1) is 17.8 Å². The third-order valence-corrected chi connectivity index (χ3v) is 3.47. The van der Waals surface area contributed by atoms with Crippen LogP contribution in [0.15, 0.2) is 0 Å². The summed E-state index contributed by atoms with van der Waals surface area (Å²) in [5.41, 5.74) is 0. The second-order valence-electron chi connectivity index (χ2n) is 4.06. The van der Waals surface area contributed by atoms with Crippen molar-refractivity contribution in [3.8, 4) is 0 Å². The molecule has 0 amide bonds. The third kappa shape index (κ3) is 0.980. The zero-order valence-electron chi connectivity index (χ0n) is 6.97. The lowest BCUT2D eigenvalue weighted by molar-refractivity contribution is 0.529. The molecule has 0 aromatic heterocycles. The van der Waals surface area contributed by atoms with E-state index in [0.717, 1.165) is 0 Å². The molecule has 0 aromatic carbocycles. The number of unbranched alkanes of at least 4 members (excludes halogenated alkanes) is 1. The molecule has 0 heteroatoms. The first-order valence-electron chi connectivity index (χ1n) is 4.93. The van der Waals surface area contributed by atoms with Gasteiger partial charge in [-0.2, -0.15) is 0 Å². The van der Waals surface area contributed by atoms with Crippen molar-refractivity contribution in [2.24, 2.45) is 17.8 Å². The molecule has 2 aliphatic carbocycles. The SMILES string of the molecule is CCCCC1C2CCCC12. The Morgan fingerprint density at radius 2 is 1.90 bits per heavy atom. The first-order chi connectivity index (χ1) is 4.93. The predicted molar refractivity (Wildman–Crippen MR) is 43.8 cm³/mol. The van der Waals surface area contributed by atoms with E-state index < -0.39 is 0 Å². The Bertz CT molecular complexity index is 107. The van der Waals surface area contributed by atoms with E-state index in [0.29, 0.717) is 0 Å². The molecule has 2 saturated carbocycles. The Labute approximate surface area is 64.0 Å². The molecule has 0 nitrogen and oxygen atoms in total. The first kappa shape index (κ1) is 6.69. The van der Waals surface area contributed by atoms with Gasteiger partial charge in [0.15, 0.2) is 0 Å². The molecule has 0 aromatic rings. The average Bonchev–Trinajstić information content (AvgIpc) is 2.46. The maximum absolute atomic E-state index is 2.30. The minimum Gasteiger partial charge on any atom is -0.0654 e. The van der Waals surface area contributed by atoms with E-state index in [9.17, 15) is 0 Å². The zero-order valence-corrected chi connectivity index (χ0v) is 6.97. The summed E-state index contributed by atoms with van der Waals surface area (Å²) in [5, 5.41) is 0. The first-order valence-corrected chi connectivity index (χ1v) is 4.93. The van der Waals surface area contributed by atoms with Gasteiger partial charge in [-0.1, -0.05) is 26.2 Å². The molecule has 58 valence electrons. The van der Waals surface area contributed by atoms with Crippen molar-refractivity contribution < 1.29 is 0 Å². The summed E-state index contributed by atoms with van der Waals surface area (Å²) >= 11 is 0. The molecule has 2 rings (SSSR count). The van der Waals surface area contributed by atoms with Crippen LogP contribution in [0.25, 0.3) is 0 Å². The molecule has 2 atom stereocenters. The van der Waals surface area contributed by atoms with Gasteiger partial charge in [0, 0.05) is 0 Å². The summed E-state index contributed by atoms with van der Waals surface area (Å²) in [6.45, 7) is 2.30. The number of rotatable bonds is 3. The summed E-state index contributed by atoms with van der Waals surface area (Å²) < 4.78 is 0. The van der Waals surface area contributed by atoms with Gasteiger partial charge in [0.05, 0.1) is 0 Å². The maximum Gasteiger partial charge on any atom is -0.0352 e. The van der Waals surface area contributed by atoms with Crippen LogP contribution in [0.4, 0.5) is 0 Å². The molecule has 2 fully saturated rings. The number of hydrogen-bond donors (Lipinski definition) is 0. The Balaban J connectivity index is 1.69. The summed E-state index contributed by atoms with van der Waals surface area (Å²) in [6, 6.07) is 0. The Morgan fingerprint density at radius 1 is 1.20 bits per heavy atom. The van der Waals surface area contributed by atoms with Gasteiger partial charge in [-0.3, -0.25) is 0 Å². The van der Waals surface area contributed by atoms with Crippen molar-refractivity contribution in [2.45, 2.75) is 45.4 Å². The van der Waals surface area contributed by atoms with E-state index in [2.05, 4.69) is 6.92 Å². The highest BCUT2D eigenvalue weighted by atomic mass is 14.6. The molecule has 0 saturated heterocycles. The number of fused-ring (bicyclic) bond motifs is 1. The fourth-order valence-electron chi connectivity index (χ4n) is 2.84. The molecule has 10 heavy (non-hydrogen) atoms. The van der Waals surface area contributed by atoms with Crippen molar-refractivity contribution >= 4 is 0 Å². The highest BCUT2D eigenvalue weighted by Crippen LogP contribution is 2.59. The summed E-state index contributed by atoms with van der Waals surface area (Å²) in [7, 11) is 0. The Hall–Kier alpha value is 0. The second kappa shape index (κ2) is 2.56. The summed E-state index contributed by atoms with van der Waals surface area (Å²) in [5.74, 6) is 3.59. The summed E-state index contributed by atoms with van der Waals surface area (Å²) in [4.78, 5) is 0. The van der Waals surface area contributed by atoms with Gasteiger partial charge in [-0.25, -0.2) is 0 Å². The maximum atomic E-state index is 2.30. The van der Waals surface area contributed by atoms with E-state index in [1.54, 1.807) is 19.3 Å². The van der Waals surface area contributed by atoms with Crippen LogP contribution in [-0.4, -0.2) is 0 Å². The topological polar surface area (TPSA) is 0 Å². The summed E-state index contributed by atoms with van der Waals surface area (Å²) in [6.07, 6.45) is 9.11. The van der Waals surface area contributed by atoms with Crippen LogP contribution < -0.4 is 0 Å². The van der Waals surface area contributed by atoms with Gasteiger partial charge >= 0.3 is 0 Å². The predicted octanol–water partition coefficient (Wildman–Crippen LogP) is 3.22. The van der Waals surface area contributed by atoms with Crippen LogP contribution in [-0.2, 0) is 0 Å². The normalized spacial score (nSPS) is 43.5. The highest BCUT2D eigenvalue weighted by Gasteiger charge is 2.51. The molecule has 0 bridgehead atoms. The Morgan fingerprint density at radius 3 is 2.50 bits per heavy atom. The molecule has 2 unspecified atom stereocenters. The highest BCUT2D eigenvalue weighted by molar-refractivity contribution is 5.00. The van der Waals surface area contributed by atoms with Crippen molar-refractivity contribution in [2.75, 3.05) is 0 Å². The fourth-order valence-corrected chi connectivity index (χ4v) is 2.84. The largest absolute Gasteiger partial charge is 0.0654 e. The average molecular weight is 138 g/mol. The van der Waals surface area contributed by atoms with Crippen molar-refractivity contribution in [1.29, 1.82) is 0 Å². The molecule has 0 spiro atoms. The number of hydrogen-bond acceptors (Lipinski definition) is 0. The molecule has 0 aliphatic heterocycles. The minimum absolute atomic E-state index is 1.19. The van der Waals surface area contributed by atoms with E-state index in [1.165, 1.54) is 37.0 Å². The molecular weight excluding hydrogens is 120 g/mol. The second-order valence-corrected chi connectivity index (χ2v) is 4.06. The lowest BCUT2D eigenvalue weighted by Crippen LogP contribution is -1.86. The lowest BCUT2D eigenvalue weighted by atomic mass is 10.1. The molecule has 0 heterocycles. The zero-order chi connectivity index (χ0) is 6.97. The minimum atomic E-state index is 1.19. The van der Waals surface area contributed by atoms with Crippen molar-refractivity contribution in [3.63, 3.8) is 0 Å². The van der Waals surface area contributed by atoms with Gasteiger partial charge in [0.1, 0.15) is 0 Å². The molecule has 0 radical (unpaired) electrons. The van der Waals surface area contributed by atoms with Crippen molar-refractivity contribution in [1.82, 2.24) is 0 Å².